The van der Waals surface area contributed by atoms with Crippen LogP contribution in [0.1, 0.15) is 31.7 Å². The second kappa shape index (κ2) is 8.78. The number of hydrogen-bond acceptors (Lipinski definition) is 3. The lowest BCUT2D eigenvalue weighted by atomic mass is 9.95. The van der Waals surface area contributed by atoms with Gasteiger partial charge in [-0.2, -0.15) is 0 Å². The van der Waals surface area contributed by atoms with E-state index in [9.17, 15) is 4.39 Å². The minimum atomic E-state index is -0.0983. The van der Waals surface area contributed by atoms with E-state index < -0.39 is 0 Å². The van der Waals surface area contributed by atoms with Crippen LogP contribution in [0.25, 0.3) is 0 Å². The first-order chi connectivity index (χ1) is 13.7. The van der Waals surface area contributed by atoms with Crippen LogP contribution in [-0.2, 0) is 10.2 Å². The van der Waals surface area contributed by atoms with Crippen LogP contribution in [0, 0.1) is 11.7 Å². The molecule has 1 aliphatic carbocycles. The van der Waals surface area contributed by atoms with Gasteiger partial charge in [0.15, 0.2) is 5.96 Å². The SMILES string of the molecule is CCNC(=NCC1(c2ccccc2F)CC1)N1CCC(CN2CCOCC2)C1. The van der Waals surface area contributed by atoms with E-state index >= 15 is 0 Å². The maximum Gasteiger partial charge on any atom is 0.193 e. The number of halogens is 1. The van der Waals surface area contributed by atoms with Crippen molar-refractivity contribution in [1.29, 1.82) is 0 Å². The van der Waals surface area contributed by atoms with E-state index in [2.05, 4.69) is 22.0 Å². The van der Waals surface area contributed by atoms with Gasteiger partial charge in [0.05, 0.1) is 19.8 Å². The zero-order valence-electron chi connectivity index (χ0n) is 17.0. The first-order valence-corrected chi connectivity index (χ1v) is 10.8. The number of ether oxygens (including phenoxy) is 1. The zero-order valence-corrected chi connectivity index (χ0v) is 17.0. The van der Waals surface area contributed by atoms with Gasteiger partial charge in [0.2, 0.25) is 0 Å². The van der Waals surface area contributed by atoms with Gasteiger partial charge in [0.25, 0.3) is 0 Å². The highest BCUT2D eigenvalue weighted by atomic mass is 19.1. The molecule has 1 aromatic carbocycles. The molecule has 5 nitrogen and oxygen atoms in total. The number of rotatable bonds is 6. The van der Waals surface area contributed by atoms with Gasteiger partial charge in [0, 0.05) is 44.7 Å². The third kappa shape index (κ3) is 4.49. The largest absolute Gasteiger partial charge is 0.379 e. The van der Waals surface area contributed by atoms with Crippen molar-refractivity contribution < 1.29 is 9.13 Å². The summed E-state index contributed by atoms with van der Waals surface area (Å²) >= 11 is 0. The van der Waals surface area contributed by atoms with Gasteiger partial charge < -0.3 is 15.0 Å². The lowest BCUT2D eigenvalue weighted by Crippen LogP contribution is -2.42. The van der Waals surface area contributed by atoms with E-state index in [1.54, 1.807) is 12.1 Å². The monoisotopic (exact) mass is 388 g/mol. The van der Waals surface area contributed by atoms with E-state index in [1.807, 2.05) is 12.1 Å². The van der Waals surface area contributed by atoms with Crippen LogP contribution in [0.4, 0.5) is 4.39 Å². The second-order valence-electron chi connectivity index (χ2n) is 8.44. The minimum Gasteiger partial charge on any atom is -0.379 e. The Hall–Kier alpha value is -1.66. The molecule has 0 spiro atoms. The fourth-order valence-electron chi connectivity index (χ4n) is 4.53. The summed E-state index contributed by atoms with van der Waals surface area (Å²) in [6, 6.07) is 7.20. The van der Waals surface area contributed by atoms with E-state index in [0.717, 1.165) is 76.8 Å². The first-order valence-electron chi connectivity index (χ1n) is 10.8. The highest BCUT2D eigenvalue weighted by Crippen LogP contribution is 2.49. The summed E-state index contributed by atoms with van der Waals surface area (Å²) in [6.45, 7) is 10.7. The number of nitrogens with zero attached hydrogens (tertiary/aromatic N) is 3. The minimum absolute atomic E-state index is 0.0908. The van der Waals surface area contributed by atoms with Crippen molar-refractivity contribution in [2.75, 3.05) is 59.0 Å². The summed E-state index contributed by atoms with van der Waals surface area (Å²) < 4.78 is 19.7. The first kappa shape index (κ1) is 19.6. The maximum absolute atomic E-state index is 14.3. The average molecular weight is 389 g/mol. The smallest absolute Gasteiger partial charge is 0.193 e. The van der Waals surface area contributed by atoms with Crippen molar-refractivity contribution in [3.8, 4) is 0 Å². The second-order valence-corrected chi connectivity index (χ2v) is 8.44. The summed E-state index contributed by atoms with van der Waals surface area (Å²) in [5.74, 6) is 1.59. The Kier molecular flexibility index (Phi) is 6.16. The van der Waals surface area contributed by atoms with Crippen molar-refractivity contribution in [2.45, 2.75) is 31.6 Å². The Bertz CT molecular complexity index is 685. The lowest BCUT2D eigenvalue weighted by Gasteiger charge is -2.29. The summed E-state index contributed by atoms with van der Waals surface area (Å²) in [5, 5.41) is 3.46. The Morgan fingerprint density at radius 1 is 1.25 bits per heavy atom. The number of benzene rings is 1. The van der Waals surface area contributed by atoms with Crippen LogP contribution in [0.3, 0.4) is 0 Å². The van der Waals surface area contributed by atoms with Gasteiger partial charge in [-0.15, -0.1) is 0 Å². The van der Waals surface area contributed by atoms with Crippen LogP contribution >= 0.6 is 0 Å². The highest BCUT2D eigenvalue weighted by Gasteiger charge is 2.46. The molecule has 154 valence electrons. The molecule has 2 heterocycles. The van der Waals surface area contributed by atoms with Crippen molar-refractivity contribution in [3.63, 3.8) is 0 Å². The van der Waals surface area contributed by atoms with Crippen molar-refractivity contribution >= 4 is 5.96 Å². The van der Waals surface area contributed by atoms with E-state index in [-0.39, 0.29) is 11.2 Å². The third-order valence-electron chi connectivity index (χ3n) is 6.37. The van der Waals surface area contributed by atoms with E-state index in [0.29, 0.717) is 12.5 Å². The molecule has 0 radical (unpaired) electrons. The molecule has 1 aromatic rings. The summed E-state index contributed by atoms with van der Waals surface area (Å²) in [7, 11) is 0. The molecular formula is C22H33FN4O. The van der Waals surface area contributed by atoms with Gasteiger partial charge in [-0.1, -0.05) is 18.2 Å². The molecule has 2 saturated heterocycles. The number of morpholine rings is 1. The predicted octanol–water partition coefficient (Wildman–Crippen LogP) is 2.48. The van der Waals surface area contributed by atoms with E-state index in [1.165, 1.54) is 6.42 Å². The number of aliphatic imine (C=N–C) groups is 1. The van der Waals surface area contributed by atoms with Gasteiger partial charge in [0.1, 0.15) is 5.82 Å². The maximum atomic E-state index is 14.3. The Labute approximate surface area is 167 Å². The van der Waals surface area contributed by atoms with Crippen LogP contribution in [0.2, 0.25) is 0 Å². The van der Waals surface area contributed by atoms with E-state index in [4.69, 9.17) is 9.73 Å². The number of nitrogens with one attached hydrogen (secondary N) is 1. The molecule has 0 bridgehead atoms. The fraction of sp³-hybridized carbons (Fsp3) is 0.682. The molecule has 1 N–H and O–H groups in total. The summed E-state index contributed by atoms with van der Waals surface area (Å²) in [4.78, 5) is 9.88. The standard InChI is InChI=1S/C22H33FN4O/c1-2-24-21(25-17-22(8-9-22)19-5-3-4-6-20(19)23)27-10-7-18(16-27)15-26-11-13-28-14-12-26/h3-6,18H,2,7-17H2,1H3,(H,24,25). The number of guanidine groups is 1. The molecule has 2 aliphatic heterocycles. The topological polar surface area (TPSA) is 40.1 Å². The molecule has 6 heteroatoms. The summed E-state index contributed by atoms with van der Waals surface area (Å²) in [6.07, 6.45) is 3.26. The molecular weight excluding hydrogens is 355 g/mol. The van der Waals surface area contributed by atoms with Gasteiger partial charge >= 0.3 is 0 Å². The van der Waals surface area contributed by atoms with Gasteiger partial charge in [-0.25, -0.2) is 4.39 Å². The molecule has 0 amide bonds. The van der Waals surface area contributed by atoms with Crippen molar-refractivity contribution in [3.05, 3.63) is 35.6 Å². The van der Waals surface area contributed by atoms with Crippen LogP contribution in [-0.4, -0.2) is 74.8 Å². The number of likely N-dealkylation sites (tertiary alicyclic amines) is 1. The quantitative estimate of drug-likeness (QED) is 0.600. The molecule has 1 unspecified atom stereocenters. The van der Waals surface area contributed by atoms with Crippen LogP contribution in [0.5, 0.6) is 0 Å². The van der Waals surface area contributed by atoms with Crippen molar-refractivity contribution in [1.82, 2.24) is 15.1 Å². The number of hydrogen-bond donors (Lipinski definition) is 1. The van der Waals surface area contributed by atoms with Crippen LogP contribution in [0.15, 0.2) is 29.3 Å². The third-order valence-corrected chi connectivity index (χ3v) is 6.37. The Balaban J connectivity index is 1.38. The molecule has 28 heavy (non-hydrogen) atoms. The fourth-order valence-corrected chi connectivity index (χ4v) is 4.53. The molecule has 1 atom stereocenters. The predicted molar refractivity (Wildman–Crippen MR) is 110 cm³/mol. The zero-order chi connectivity index (χ0) is 19.4. The Morgan fingerprint density at radius 3 is 2.75 bits per heavy atom. The average Bonchev–Trinajstić information content (AvgIpc) is 3.36. The van der Waals surface area contributed by atoms with Gasteiger partial charge in [-0.3, -0.25) is 9.89 Å². The molecule has 3 aliphatic rings. The van der Waals surface area contributed by atoms with Gasteiger partial charge in [-0.05, 0) is 43.7 Å². The molecule has 0 aromatic heterocycles. The molecule has 1 saturated carbocycles. The Morgan fingerprint density at radius 2 is 2.04 bits per heavy atom. The lowest BCUT2D eigenvalue weighted by molar-refractivity contribution is 0.0315. The van der Waals surface area contributed by atoms with Crippen molar-refractivity contribution in [2.24, 2.45) is 10.9 Å². The highest BCUT2D eigenvalue weighted by molar-refractivity contribution is 5.80. The van der Waals surface area contributed by atoms with Crippen LogP contribution < -0.4 is 5.32 Å². The summed E-state index contributed by atoms with van der Waals surface area (Å²) in [5.41, 5.74) is 0.736. The molecule has 4 rings (SSSR count). The normalized spacial score (nSPS) is 25.1. The molecule has 3 fully saturated rings.